The average molecular weight is 552 g/mol. The van der Waals surface area contributed by atoms with Gasteiger partial charge in [-0.1, -0.05) is 57.2 Å². The molecule has 0 unspecified atom stereocenters. The molecule has 2 N–H and O–H groups in total. The Hall–Kier alpha value is -4.99. The summed E-state index contributed by atoms with van der Waals surface area (Å²) in [5, 5.41) is 10.4. The number of benzene rings is 2. The highest BCUT2D eigenvalue weighted by Gasteiger charge is 2.33. The SMILES string of the molecule is Cc1ccccc1N1C(=O)CCN(Cc2ccc(NC(=O)Nc3cc(C(C)(C)C)nn3-c3ccccn3)cc2)C1=O. The number of pyridine rings is 1. The van der Waals surface area contributed by atoms with Crippen LogP contribution in [-0.2, 0) is 16.8 Å². The van der Waals surface area contributed by atoms with Crippen molar-refractivity contribution in [2.45, 2.75) is 46.1 Å². The molecular weight excluding hydrogens is 518 g/mol. The Balaban J connectivity index is 1.25. The van der Waals surface area contributed by atoms with Gasteiger partial charge in [0.05, 0.1) is 11.4 Å². The standard InChI is InChI=1S/C31H33N7O3/c1-21-9-5-6-10-24(21)37-28(39)16-18-36(30(37)41)20-22-12-14-23(15-13-22)33-29(40)34-27-19-25(31(2,3)4)35-38(27)26-11-7-8-17-32-26/h5-15,17,19H,16,18,20H2,1-4H3,(H2,33,34,40). The Morgan fingerprint density at radius 3 is 2.37 bits per heavy atom. The van der Waals surface area contributed by atoms with Crippen molar-refractivity contribution >= 4 is 35.2 Å². The van der Waals surface area contributed by atoms with Gasteiger partial charge in [0.15, 0.2) is 5.82 Å². The van der Waals surface area contributed by atoms with Gasteiger partial charge < -0.3 is 10.2 Å². The van der Waals surface area contributed by atoms with Crippen LogP contribution in [0.25, 0.3) is 5.82 Å². The van der Waals surface area contributed by atoms with Crippen molar-refractivity contribution in [3.05, 3.63) is 95.8 Å². The minimum Gasteiger partial charge on any atom is -0.319 e. The molecule has 0 aliphatic carbocycles. The highest BCUT2D eigenvalue weighted by atomic mass is 16.2. The van der Waals surface area contributed by atoms with E-state index < -0.39 is 6.03 Å². The molecule has 5 amide bonds. The maximum atomic E-state index is 13.2. The van der Waals surface area contributed by atoms with E-state index >= 15 is 0 Å². The van der Waals surface area contributed by atoms with Gasteiger partial charge >= 0.3 is 12.1 Å². The van der Waals surface area contributed by atoms with Gasteiger partial charge in [0, 0.05) is 42.9 Å². The number of hydrogen-bond donors (Lipinski definition) is 2. The number of urea groups is 2. The van der Waals surface area contributed by atoms with E-state index in [9.17, 15) is 14.4 Å². The van der Waals surface area contributed by atoms with E-state index in [0.717, 1.165) is 16.8 Å². The molecule has 5 rings (SSSR count). The molecule has 10 nitrogen and oxygen atoms in total. The van der Waals surface area contributed by atoms with Crippen molar-refractivity contribution < 1.29 is 14.4 Å². The minimum atomic E-state index is -0.422. The van der Waals surface area contributed by atoms with Crippen LogP contribution >= 0.6 is 0 Å². The second kappa shape index (κ2) is 11.2. The molecule has 0 atom stereocenters. The molecule has 3 heterocycles. The number of hydrogen-bond acceptors (Lipinski definition) is 5. The zero-order chi connectivity index (χ0) is 29.1. The van der Waals surface area contributed by atoms with Gasteiger partial charge in [-0.3, -0.25) is 10.1 Å². The van der Waals surface area contributed by atoms with Crippen molar-refractivity contribution in [3.63, 3.8) is 0 Å². The van der Waals surface area contributed by atoms with Gasteiger partial charge in [-0.2, -0.15) is 9.78 Å². The molecule has 0 radical (unpaired) electrons. The van der Waals surface area contributed by atoms with Crippen LogP contribution < -0.4 is 15.5 Å². The minimum absolute atomic E-state index is 0.204. The number of aryl methyl sites for hydroxylation is 1. The van der Waals surface area contributed by atoms with Crippen molar-refractivity contribution in [3.8, 4) is 5.82 Å². The molecule has 0 saturated carbocycles. The van der Waals surface area contributed by atoms with Crippen LogP contribution in [0.15, 0.2) is 79.0 Å². The van der Waals surface area contributed by atoms with E-state index in [1.165, 1.54) is 4.90 Å². The maximum Gasteiger partial charge on any atom is 0.331 e. The second-order valence-corrected chi connectivity index (χ2v) is 11.0. The first-order valence-corrected chi connectivity index (χ1v) is 13.5. The summed E-state index contributed by atoms with van der Waals surface area (Å²) in [5.74, 6) is 0.891. The number of rotatable bonds is 6. The predicted molar refractivity (Wildman–Crippen MR) is 158 cm³/mol. The summed E-state index contributed by atoms with van der Waals surface area (Å²) in [6, 6.07) is 21.2. The number of nitrogens with one attached hydrogen (secondary N) is 2. The van der Waals surface area contributed by atoms with Crippen LogP contribution in [0.4, 0.5) is 26.8 Å². The number of amides is 5. The quantitative estimate of drug-likeness (QED) is 0.311. The first kappa shape index (κ1) is 27.6. The number of imide groups is 1. The lowest BCUT2D eigenvalue weighted by atomic mass is 9.92. The van der Waals surface area contributed by atoms with E-state index in [2.05, 4.69) is 41.5 Å². The summed E-state index contributed by atoms with van der Waals surface area (Å²) in [5.41, 5.74) is 3.54. The molecular formula is C31H33N7O3. The maximum absolute atomic E-state index is 13.2. The molecule has 10 heteroatoms. The fourth-order valence-electron chi connectivity index (χ4n) is 4.57. The second-order valence-electron chi connectivity index (χ2n) is 11.0. The van der Waals surface area contributed by atoms with Gasteiger partial charge in [0.2, 0.25) is 5.91 Å². The lowest BCUT2D eigenvalue weighted by molar-refractivity contribution is -0.119. The Morgan fingerprint density at radius 2 is 1.68 bits per heavy atom. The highest BCUT2D eigenvalue weighted by molar-refractivity contribution is 6.16. The zero-order valence-electron chi connectivity index (χ0n) is 23.6. The van der Waals surface area contributed by atoms with Gasteiger partial charge in [-0.25, -0.2) is 19.5 Å². The van der Waals surface area contributed by atoms with E-state index in [0.29, 0.717) is 36.1 Å². The summed E-state index contributed by atoms with van der Waals surface area (Å²) < 4.78 is 1.61. The molecule has 1 aliphatic rings. The van der Waals surface area contributed by atoms with E-state index in [-0.39, 0.29) is 23.8 Å². The molecule has 41 heavy (non-hydrogen) atoms. The van der Waals surface area contributed by atoms with Crippen LogP contribution in [0.5, 0.6) is 0 Å². The summed E-state index contributed by atoms with van der Waals surface area (Å²) in [4.78, 5) is 46.1. The molecule has 4 aromatic rings. The summed E-state index contributed by atoms with van der Waals surface area (Å²) in [6.45, 7) is 8.74. The third kappa shape index (κ3) is 6.11. The zero-order valence-corrected chi connectivity index (χ0v) is 23.6. The van der Waals surface area contributed by atoms with Gasteiger partial charge in [0.1, 0.15) is 5.82 Å². The van der Waals surface area contributed by atoms with Crippen LogP contribution in [0, 0.1) is 6.92 Å². The van der Waals surface area contributed by atoms with E-state index in [1.807, 2.05) is 61.5 Å². The Kier molecular flexibility index (Phi) is 7.56. The molecule has 1 saturated heterocycles. The van der Waals surface area contributed by atoms with Gasteiger partial charge in [-0.15, -0.1) is 0 Å². The van der Waals surface area contributed by atoms with Crippen LogP contribution in [0.3, 0.4) is 0 Å². The van der Waals surface area contributed by atoms with Crippen LogP contribution in [0.1, 0.15) is 44.0 Å². The van der Waals surface area contributed by atoms with Crippen LogP contribution in [0.2, 0.25) is 0 Å². The fourth-order valence-corrected chi connectivity index (χ4v) is 4.57. The summed E-state index contributed by atoms with van der Waals surface area (Å²) in [6.07, 6.45) is 1.93. The molecule has 0 bridgehead atoms. The fraction of sp³-hybridized carbons (Fsp3) is 0.258. The summed E-state index contributed by atoms with van der Waals surface area (Å²) in [7, 11) is 0. The molecule has 2 aromatic carbocycles. The molecule has 0 spiro atoms. The molecule has 2 aromatic heterocycles. The van der Waals surface area contributed by atoms with Crippen molar-refractivity contribution in [2.24, 2.45) is 0 Å². The molecule has 1 fully saturated rings. The lowest BCUT2D eigenvalue weighted by Gasteiger charge is -2.34. The Morgan fingerprint density at radius 1 is 0.951 bits per heavy atom. The first-order valence-electron chi connectivity index (χ1n) is 13.5. The number of carbonyl (C=O) groups excluding carboxylic acids is 3. The van der Waals surface area contributed by atoms with Gasteiger partial charge in [0.25, 0.3) is 0 Å². The lowest BCUT2D eigenvalue weighted by Crippen LogP contribution is -2.52. The first-order chi connectivity index (χ1) is 19.6. The number of nitrogens with zero attached hydrogens (tertiary/aromatic N) is 5. The molecule has 1 aliphatic heterocycles. The van der Waals surface area contributed by atoms with E-state index in [4.69, 9.17) is 0 Å². The third-order valence-electron chi connectivity index (χ3n) is 6.83. The van der Waals surface area contributed by atoms with Crippen molar-refractivity contribution in [1.29, 1.82) is 0 Å². The van der Waals surface area contributed by atoms with E-state index in [1.54, 1.807) is 34.0 Å². The Bertz CT molecular complexity index is 1570. The smallest absolute Gasteiger partial charge is 0.319 e. The predicted octanol–water partition coefficient (Wildman–Crippen LogP) is 5.88. The Labute approximate surface area is 239 Å². The topological polar surface area (TPSA) is 112 Å². The number of para-hydroxylation sites is 1. The van der Waals surface area contributed by atoms with Gasteiger partial charge in [-0.05, 0) is 48.4 Å². The monoisotopic (exact) mass is 551 g/mol. The average Bonchev–Trinajstić information content (AvgIpc) is 3.37. The van der Waals surface area contributed by atoms with Crippen LogP contribution in [-0.4, -0.2) is 44.2 Å². The largest absolute Gasteiger partial charge is 0.331 e. The number of anilines is 3. The highest BCUT2D eigenvalue weighted by Crippen LogP contribution is 2.27. The number of aromatic nitrogens is 3. The van der Waals surface area contributed by atoms with Crippen molar-refractivity contribution in [1.82, 2.24) is 19.7 Å². The number of carbonyl (C=O) groups is 3. The summed E-state index contributed by atoms with van der Waals surface area (Å²) >= 11 is 0. The molecule has 210 valence electrons. The normalized spacial score (nSPS) is 13.9. The van der Waals surface area contributed by atoms with Crippen molar-refractivity contribution in [2.75, 3.05) is 22.1 Å². The third-order valence-corrected chi connectivity index (χ3v) is 6.83.